The van der Waals surface area contributed by atoms with Gasteiger partial charge >= 0.3 is 18.2 Å². The van der Waals surface area contributed by atoms with Crippen molar-refractivity contribution in [2.75, 3.05) is 51.2 Å². The Labute approximate surface area is 326 Å². The van der Waals surface area contributed by atoms with Crippen molar-refractivity contribution in [2.24, 2.45) is 5.92 Å². The van der Waals surface area contributed by atoms with Gasteiger partial charge in [0.25, 0.3) is 5.91 Å². The van der Waals surface area contributed by atoms with Crippen molar-refractivity contribution in [2.45, 2.75) is 77.6 Å². The number of rotatable bonds is 19. The largest absolute Gasteiger partial charge is 0.493 e. The Bertz CT molecular complexity index is 1680. The molecular weight excluding hydrogens is 730 g/mol. The molecule has 0 unspecified atom stereocenters. The zero-order chi connectivity index (χ0) is 41.2. The van der Waals surface area contributed by atoms with Gasteiger partial charge in [-0.15, -0.1) is 0 Å². The summed E-state index contributed by atoms with van der Waals surface area (Å²) >= 11 is 0. The lowest BCUT2D eigenvalue weighted by Crippen LogP contribution is -2.53. The van der Waals surface area contributed by atoms with Crippen LogP contribution in [0.25, 0.3) is 0 Å². The summed E-state index contributed by atoms with van der Waals surface area (Å²) < 4.78 is 26.4. The van der Waals surface area contributed by atoms with Crippen LogP contribution in [0, 0.1) is 5.92 Å². The maximum atomic E-state index is 13.8. The number of aliphatic hydroxyl groups is 1. The number of ether oxygens (including phenoxy) is 5. The molecule has 3 atom stereocenters. The van der Waals surface area contributed by atoms with Gasteiger partial charge in [0.2, 0.25) is 11.8 Å². The fourth-order valence-electron chi connectivity index (χ4n) is 5.66. The number of anilines is 2. The molecule has 2 aromatic rings. The van der Waals surface area contributed by atoms with Gasteiger partial charge in [0.05, 0.1) is 44.7 Å². The number of nitrogens with zero attached hydrogens (tertiary/aromatic N) is 1. The number of hydrogen-bond acceptors (Lipinski definition) is 12. The molecular formula is C39H53N5O12. The Hall–Kier alpha value is -5.84. The molecule has 5 amide bonds. The van der Waals surface area contributed by atoms with Crippen molar-refractivity contribution in [1.82, 2.24) is 15.5 Å². The number of piperidine rings is 1. The van der Waals surface area contributed by atoms with E-state index in [0.29, 0.717) is 30.6 Å². The first-order valence-corrected chi connectivity index (χ1v) is 18.3. The van der Waals surface area contributed by atoms with Crippen LogP contribution in [0.15, 0.2) is 49.1 Å². The monoisotopic (exact) mass is 783 g/mol. The highest BCUT2D eigenvalue weighted by Gasteiger charge is 2.31. The van der Waals surface area contributed by atoms with Gasteiger partial charge < -0.3 is 49.6 Å². The first-order chi connectivity index (χ1) is 26.8. The lowest BCUT2D eigenvalue weighted by molar-refractivity contribution is -0.140. The highest BCUT2D eigenvalue weighted by molar-refractivity contribution is 6.04. The third kappa shape index (κ3) is 13.5. The number of methoxy groups -OCH3 is 2. The normalized spacial score (nSPS) is 14.7. The second-order valence-electron chi connectivity index (χ2n) is 13.3. The van der Waals surface area contributed by atoms with Crippen molar-refractivity contribution in [3.63, 3.8) is 0 Å². The molecule has 1 heterocycles. The summed E-state index contributed by atoms with van der Waals surface area (Å²) in [6, 6.07) is 7.08. The van der Waals surface area contributed by atoms with E-state index in [4.69, 9.17) is 18.9 Å². The minimum absolute atomic E-state index is 0.0206. The molecule has 17 nitrogen and oxygen atoms in total. The standard InChI is InChI=1S/C39H53N5O12/c1-7-18-55-39(51)43-34(24(2)3)36(48)40-25(4)35(47)41-27-15-13-26(14-16-27)23-56-38(50)42-30-21-32(54-19-10-12-33(46)53-6)31(52-5)20-29(30)37(49)44-17-9-8-11-28(44)22-45/h7,13-16,20-21,24-25,28,34,45H,1,8-12,17-19,22-23H2,2-6H3,(H,40,48)(H,41,47)(H,42,50)(H,43,51)/t25-,28-,34-/m0/s1. The maximum Gasteiger partial charge on any atom is 0.411 e. The van der Waals surface area contributed by atoms with Crippen LogP contribution in [-0.2, 0) is 35.2 Å². The summed E-state index contributed by atoms with van der Waals surface area (Å²) in [4.78, 5) is 77.7. The molecule has 0 spiro atoms. The lowest BCUT2D eigenvalue weighted by Gasteiger charge is -2.35. The van der Waals surface area contributed by atoms with Crippen molar-refractivity contribution < 1.29 is 57.6 Å². The first kappa shape index (κ1) is 44.6. The molecule has 1 aliphatic rings. The van der Waals surface area contributed by atoms with Crippen LogP contribution < -0.4 is 30.7 Å². The minimum atomic E-state index is -0.952. The SMILES string of the molecule is C=CCOC(=O)N[C@H](C(=O)N[C@@H](C)C(=O)Nc1ccc(COC(=O)Nc2cc(OCCCC(=O)OC)c(OC)cc2C(=O)N2CCCC[C@H]2CO)cc1)C(C)C. The van der Waals surface area contributed by atoms with Crippen LogP contribution in [0.1, 0.15) is 68.8 Å². The van der Waals surface area contributed by atoms with Gasteiger partial charge in [0.15, 0.2) is 11.5 Å². The number of alkyl carbamates (subject to hydrolysis) is 1. The maximum absolute atomic E-state index is 13.8. The van der Waals surface area contributed by atoms with Crippen LogP contribution in [0.5, 0.6) is 11.5 Å². The van der Waals surface area contributed by atoms with Crippen LogP contribution in [0.4, 0.5) is 21.0 Å². The van der Waals surface area contributed by atoms with Gasteiger partial charge in [0, 0.05) is 24.7 Å². The Morgan fingerprint density at radius 3 is 2.30 bits per heavy atom. The summed E-state index contributed by atoms with van der Waals surface area (Å²) in [5.74, 6) is -1.72. The van der Waals surface area contributed by atoms with Crippen molar-refractivity contribution in [3.05, 3.63) is 60.2 Å². The Kier molecular flexibility index (Phi) is 17.9. The molecule has 1 aliphatic heterocycles. The van der Waals surface area contributed by atoms with E-state index >= 15 is 0 Å². The summed E-state index contributed by atoms with van der Waals surface area (Å²) in [5, 5.41) is 20.4. The van der Waals surface area contributed by atoms with Gasteiger partial charge in [-0.3, -0.25) is 24.5 Å². The van der Waals surface area contributed by atoms with Gasteiger partial charge in [0.1, 0.15) is 25.3 Å². The van der Waals surface area contributed by atoms with E-state index in [-0.39, 0.29) is 67.6 Å². The minimum Gasteiger partial charge on any atom is -0.493 e. The lowest BCUT2D eigenvalue weighted by atomic mass is 10.0. The number of nitrogens with one attached hydrogen (secondary N) is 4. The predicted molar refractivity (Wildman–Crippen MR) is 205 cm³/mol. The number of amides is 5. The molecule has 56 heavy (non-hydrogen) atoms. The van der Waals surface area contributed by atoms with E-state index in [9.17, 15) is 33.9 Å². The third-order valence-electron chi connectivity index (χ3n) is 8.78. The smallest absolute Gasteiger partial charge is 0.411 e. The molecule has 3 rings (SSSR count). The second kappa shape index (κ2) is 22.5. The molecule has 5 N–H and O–H groups in total. The predicted octanol–water partition coefficient (Wildman–Crippen LogP) is 4.14. The summed E-state index contributed by atoms with van der Waals surface area (Å²) in [5.41, 5.74) is 1.19. The van der Waals surface area contributed by atoms with E-state index in [1.165, 1.54) is 39.4 Å². The summed E-state index contributed by atoms with van der Waals surface area (Å²) in [6.45, 7) is 8.61. The Morgan fingerprint density at radius 2 is 1.66 bits per heavy atom. The molecule has 2 aromatic carbocycles. The number of carbonyl (C=O) groups excluding carboxylic acids is 6. The zero-order valence-electron chi connectivity index (χ0n) is 32.5. The Morgan fingerprint density at radius 1 is 0.929 bits per heavy atom. The highest BCUT2D eigenvalue weighted by Crippen LogP contribution is 2.35. The van der Waals surface area contributed by atoms with E-state index in [1.54, 1.807) is 43.0 Å². The molecule has 0 bridgehead atoms. The van der Waals surface area contributed by atoms with Gasteiger partial charge in [-0.25, -0.2) is 9.59 Å². The van der Waals surface area contributed by atoms with Crippen molar-refractivity contribution >= 4 is 47.3 Å². The summed E-state index contributed by atoms with van der Waals surface area (Å²) in [7, 11) is 2.70. The zero-order valence-corrected chi connectivity index (χ0v) is 32.5. The number of esters is 1. The molecule has 0 saturated carbocycles. The fourth-order valence-corrected chi connectivity index (χ4v) is 5.66. The van der Waals surface area contributed by atoms with Crippen LogP contribution in [0.3, 0.4) is 0 Å². The van der Waals surface area contributed by atoms with E-state index in [2.05, 4.69) is 32.6 Å². The van der Waals surface area contributed by atoms with Crippen LogP contribution in [-0.4, -0.2) is 105 Å². The highest BCUT2D eigenvalue weighted by atomic mass is 16.6. The first-order valence-electron chi connectivity index (χ1n) is 18.3. The Balaban J connectivity index is 1.66. The number of hydrogen-bond donors (Lipinski definition) is 5. The number of benzene rings is 2. The molecule has 306 valence electrons. The number of likely N-dealkylation sites (tertiary alicyclic amines) is 1. The quantitative estimate of drug-likeness (QED) is 0.0588. The van der Waals surface area contributed by atoms with Crippen LogP contribution in [0.2, 0.25) is 0 Å². The molecule has 1 saturated heterocycles. The molecule has 1 fully saturated rings. The van der Waals surface area contributed by atoms with Crippen LogP contribution >= 0.6 is 0 Å². The van der Waals surface area contributed by atoms with Crippen molar-refractivity contribution in [3.8, 4) is 11.5 Å². The average Bonchev–Trinajstić information content (AvgIpc) is 3.19. The molecule has 17 heteroatoms. The van der Waals surface area contributed by atoms with Gasteiger partial charge in [-0.1, -0.05) is 38.6 Å². The molecule has 0 aliphatic carbocycles. The number of aliphatic hydroxyl groups excluding tert-OH is 1. The average molecular weight is 784 g/mol. The second-order valence-corrected chi connectivity index (χ2v) is 13.3. The van der Waals surface area contributed by atoms with Gasteiger partial charge in [-0.05, 0) is 62.3 Å². The fraction of sp³-hybridized carbons (Fsp3) is 0.487. The van der Waals surface area contributed by atoms with E-state index < -0.39 is 48.0 Å². The van der Waals surface area contributed by atoms with E-state index in [1.807, 2.05) is 0 Å². The third-order valence-corrected chi connectivity index (χ3v) is 8.78. The topological polar surface area (TPSA) is 220 Å². The summed E-state index contributed by atoms with van der Waals surface area (Å²) in [6.07, 6.45) is 2.48. The molecule has 0 aromatic heterocycles. The van der Waals surface area contributed by atoms with Gasteiger partial charge in [-0.2, -0.15) is 0 Å². The van der Waals surface area contributed by atoms with Crippen molar-refractivity contribution in [1.29, 1.82) is 0 Å². The van der Waals surface area contributed by atoms with E-state index in [0.717, 1.165) is 12.8 Å². The number of carbonyl (C=O) groups is 6. The molecule has 0 radical (unpaired) electrons.